The Kier molecular flexibility index (Phi) is 6.15. The van der Waals surface area contributed by atoms with Crippen LogP contribution >= 0.6 is 0 Å². The summed E-state index contributed by atoms with van der Waals surface area (Å²) in [5.41, 5.74) is 1.72. The summed E-state index contributed by atoms with van der Waals surface area (Å²) in [5, 5.41) is 3.29. The van der Waals surface area contributed by atoms with Crippen LogP contribution in [0.3, 0.4) is 0 Å². The lowest BCUT2D eigenvalue weighted by Gasteiger charge is -2.24. The van der Waals surface area contributed by atoms with Gasteiger partial charge in [0.15, 0.2) is 0 Å². The van der Waals surface area contributed by atoms with Crippen LogP contribution < -0.4 is 5.32 Å². The van der Waals surface area contributed by atoms with Gasteiger partial charge in [0.25, 0.3) is 0 Å². The molecule has 1 aliphatic heterocycles. The molecule has 1 fully saturated rings. The highest BCUT2D eigenvalue weighted by molar-refractivity contribution is 5.25. The quantitative estimate of drug-likeness (QED) is 0.837. The van der Waals surface area contributed by atoms with E-state index in [9.17, 15) is 4.39 Å². The first-order chi connectivity index (χ1) is 10.1. The number of rotatable bonds is 7. The monoisotopic (exact) mass is 294 g/mol. The predicted molar refractivity (Wildman–Crippen MR) is 84.0 cm³/mol. The van der Waals surface area contributed by atoms with E-state index in [2.05, 4.69) is 17.3 Å². The molecule has 118 valence electrons. The number of halogens is 1. The summed E-state index contributed by atoms with van der Waals surface area (Å²) >= 11 is 0. The zero-order valence-corrected chi connectivity index (χ0v) is 13.4. The van der Waals surface area contributed by atoms with Gasteiger partial charge in [-0.1, -0.05) is 12.1 Å². The number of nitrogens with one attached hydrogen (secondary N) is 1. The molecule has 0 spiro atoms. The molecule has 0 saturated carbocycles. The maximum Gasteiger partial charge on any atom is 0.126 e. The topological polar surface area (TPSA) is 24.5 Å². The Labute approximate surface area is 127 Å². The van der Waals surface area contributed by atoms with E-state index in [1.807, 2.05) is 19.2 Å². The Balaban J connectivity index is 1.85. The van der Waals surface area contributed by atoms with E-state index in [0.717, 1.165) is 31.7 Å². The van der Waals surface area contributed by atoms with Crippen LogP contribution in [0.1, 0.15) is 36.4 Å². The molecule has 1 aromatic rings. The number of benzene rings is 1. The van der Waals surface area contributed by atoms with Crippen molar-refractivity contribution in [1.82, 2.24) is 10.2 Å². The average Bonchev–Trinajstić information content (AvgIpc) is 2.96. The van der Waals surface area contributed by atoms with Gasteiger partial charge in [-0.05, 0) is 64.0 Å². The third-order valence-corrected chi connectivity index (χ3v) is 4.29. The van der Waals surface area contributed by atoms with E-state index in [4.69, 9.17) is 4.74 Å². The van der Waals surface area contributed by atoms with Crippen LogP contribution in [0, 0.1) is 12.7 Å². The first-order valence-electron chi connectivity index (χ1n) is 7.83. The molecule has 0 aliphatic carbocycles. The fraction of sp³-hybridized carbons (Fsp3) is 0.647. The van der Waals surface area contributed by atoms with Crippen molar-refractivity contribution in [3.05, 3.63) is 35.1 Å². The summed E-state index contributed by atoms with van der Waals surface area (Å²) in [6.07, 6.45) is 3.70. The number of hydrogen-bond donors (Lipinski definition) is 1. The second-order valence-corrected chi connectivity index (χ2v) is 6.04. The molecule has 0 radical (unpaired) electrons. The van der Waals surface area contributed by atoms with Gasteiger partial charge in [-0.3, -0.25) is 0 Å². The number of nitrogens with zero attached hydrogens (tertiary/aromatic N) is 1. The van der Waals surface area contributed by atoms with Gasteiger partial charge in [0.2, 0.25) is 0 Å². The van der Waals surface area contributed by atoms with E-state index in [-0.39, 0.29) is 11.9 Å². The van der Waals surface area contributed by atoms with E-state index < -0.39 is 0 Å². The third kappa shape index (κ3) is 4.77. The summed E-state index contributed by atoms with van der Waals surface area (Å²) in [6, 6.07) is 5.70. The van der Waals surface area contributed by atoms with Gasteiger partial charge >= 0.3 is 0 Å². The summed E-state index contributed by atoms with van der Waals surface area (Å²) < 4.78 is 19.4. The molecule has 1 aromatic carbocycles. The van der Waals surface area contributed by atoms with Gasteiger partial charge < -0.3 is 15.0 Å². The van der Waals surface area contributed by atoms with Crippen molar-refractivity contribution < 1.29 is 9.13 Å². The summed E-state index contributed by atoms with van der Waals surface area (Å²) in [7, 11) is 4.06. The van der Waals surface area contributed by atoms with Crippen LogP contribution in [-0.4, -0.2) is 44.8 Å². The van der Waals surface area contributed by atoms with Crippen molar-refractivity contribution in [1.29, 1.82) is 0 Å². The highest BCUT2D eigenvalue weighted by Gasteiger charge is 2.18. The van der Waals surface area contributed by atoms with Crippen molar-refractivity contribution in [3.63, 3.8) is 0 Å². The molecule has 3 nitrogen and oxygen atoms in total. The molecule has 2 unspecified atom stereocenters. The maximum absolute atomic E-state index is 13.7. The Morgan fingerprint density at radius 2 is 2.29 bits per heavy atom. The molecular formula is C17H27FN2O. The zero-order chi connectivity index (χ0) is 15.2. The summed E-state index contributed by atoms with van der Waals surface area (Å²) in [5.74, 6) is -0.125. The highest BCUT2D eigenvalue weighted by Crippen LogP contribution is 2.20. The lowest BCUT2D eigenvalue weighted by molar-refractivity contribution is 0.0801. The molecule has 0 aromatic heterocycles. The Hall–Kier alpha value is -0.970. The number of hydrogen-bond acceptors (Lipinski definition) is 3. The lowest BCUT2D eigenvalue weighted by Crippen LogP contribution is -2.31. The minimum atomic E-state index is -0.125. The second-order valence-electron chi connectivity index (χ2n) is 6.04. The van der Waals surface area contributed by atoms with E-state index in [0.29, 0.717) is 11.7 Å². The third-order valence-electron chi connectivity index (χ3n) is 4.29. The second kappa shape index (κ2) is 7.87. The van der Waals surface area contributed by atoms with Crippen LogP contribution in [0.4, 0.5) is 4.39 Å². The largest absolute Gasteiger partial charge is 0.377 e. The fourth-order valence-corrected chi connectivity index (χ4v) is 2.88. The van der Waals surface area contributed by atoms with Crippen molar-refractivity contribution in [2.45, 2.75) is 38.3 Å². The van der Waals surface area contributed by atoms with Gasteiger partial charge in [0, 0.05) is 19.2 Å². The van der Waals surface area contributed by atoms with Crippen molar-refractivity contribution >= 4 is 0 Å². The van der Waals surface area contributed by atoms with Crippen LogP contribution in [0.25, 0.3) is 0 Å². The van der Waals surface area contributed by atoms with E-state index >= 15 is 0 Å². The normalized spacial score (nSPS) is 20.1. The van der Waals surface area contributed by atoms with Crippen molar-refractivity contribution in [2.75, 3.05) is 33.8 Å². The molecule has 2 atom stereocenters. The van der Waals surface area contributed by atoms with Crippen molar-refractivity contribution in [3.8, 4) is 0 Å². The van der Waals surface area contributed by atoms with E-state index in [1.165, 1.54) is 12.8 Å². The molecule has 21 heavy (non-hydrogen) atoms. The van der Waals surface area contributed by atoms with Crippen LogP contribution in [0.5, 0.6) is 0 Å². The minimum absolute atomic E-state index is 0.125. The average molecular weight is 294 g/mol. The first kappa shape index (κ1) is 16.4. The van der Waals surface area contributed by atoms with Crippen LogP contribution in [0.15, 0.2) is 18.2 Å². The Morgan fingerprint density at radius 3 is 2.90 bits per heavy atom. The molecule has 0 amide bonds. The van der Waals surface area contributed by atoms with Gasteiger partial charge in [-0.25, -0.2) is 4.39 Å². The minimum Gasteiger partial charge on any atom is -0.377 e. The smallest absolute Gasteiger partial charge is 0.126 e. The highest BCUT2D eigenvalue weighted by atomic mass is 19.1. The molecule has 2 rings (SSSR count). The lowest BCUT2D eigenvalue weighted by atomic mass is 10.0. The fourth-order valence-electron chi connectivity index (χ4n) is 2.88. The number of likely N-dealkylation sites (N-methyl/N-ethyl adjacent to an activating group) is 1. The molecule has 1 N–H and O–H groups in total. The summed E-state index contributed by atoms with van der Waals surface area (Å²) in [6.45, 7) is 4.66. The van der Waals surface area contributed by atoms with Crippen LogP contribution in [0.2, 0.25) is 0 Å². The van der Waals surface area contributed by atoms with Gasteiger partial charge in [0.05, 0.1) is 6.10 Å². The molecule has 4 heteroatoms. The first-order valence-corrected chi connectivity index (χ1v) is 7.83. The number of aryl methyl sites for hydroxylation is 1. The molecular weight excluding hydrogens is 267 g/mol. The maximum atomic E-state index is 13.7. The van der Waals surface area contributed by atoms with Gasteiger partial charge in [-0.2, -0.15) is 0 Å². The zero-order valence-electron chi connectivity index (χ0n) is 13.4. The Bertz CT molecular complexity index is 446. The number of ether oxygens (including phenoxy) is 1. The standard InChI is InChI=1S/C17H27FN2O/c1-13-6-7-14(11-16(13)18)17(19-2)8-9-20(3)12-15-5-4-10-21-15/h6-7,11,15,17,19H,4-5,8-10,12H2,1-3H3. The van der Waals surface area contributed by atoms with E-state index in [1.54, 1.807) is 13.0 Å². The Morgan fingerprint density at radius 1 is 1.48 bits per heavy atom. The predicted octanol–water partition coefficient (Wildman–Crippen LogP) is 2.90. The van der Waals surface area contributed by atoms with Crippen LogP contribution in [-0.2, 0) is 4.74 Å². The molecule has 0 bridgehead atoms. The molecule has 1 heterocycles. The SMILES string of the molecule is CNC(CCN(C)CC1CCCO1)c1ccc(C)c(F)c1. The molecule has 1 saturated heterocycles. The summed E-state index contributed by atoms with van der Waals surface area (Å²) in [4.78, 5) is 2.31. The van der Waals surface area contributed by atoms with Crippen molar-refractivity contribution in [2.24, 2.45) is 0 Å². The molecule has 1 aliphatic rings. The van der Waals surface area contributed by atoms with Gasteiger partial charge in [-0.15, -0.1) is 0 Å². The van der Waals surface area contributed by atoms with Gasteiger partial charge in [0.1, 0.15) is 5.82 Å².